The molecule has 0 atom stereocenters. The Kier molecular flexibility index (Phi) is 4.96. The number of nitrogens with one attached hydrogen (secondary N) is 2. The molecule has 0 saturated heterocycles. The van der Waals surface area contributed by atoms with Crippen LogP contribution in [0.25, 0.3) is 11.0 Å². The van der Waals surface area contributed by atoms with E-state index in [0.717, 1.165) is 10.9 Å². The SMILES string of the molecule is O=C(NCCn1ncc2c(NCc3ccc(F)cc3)ncnc21)c1ccco1. The van der Waals surface area contributed by atoms with E-state index in [9.17, 15) is 9.18 Å². The Balaban J connectivity index is 1.41. The lowest BCUT2D eigenvalue weighted by Crippen LogP contribution is -2.27. The Bertz CT molecular complexity index is 1080. The lowest BCUT2D eigenvalue weighted by molar-refractivity contribution is 0.0924. The second-order valence-electron chi connectivity index (χ2n) is 6.04. The van der Waals surface area contributed by atoms with Crippen molar-refractivity contribution >= 4 is 22.8 Å². The molecule has 0 bridgehead atoms. The number of halogens is 1. The third-order valence-corrected chi connectivity index (χ3v) is 4.16. The number of anilines is 1. The number of carbonyl (C=O) groups is 1. The second kappa shape index (κ2) is 7.87. The Hall–Kier alpha value is -3.75. The third kappa shape index (κ3) is 3.83. The number of hydrogen-bond acceptors (Lipinski definition) is 6. The molecule has 2 N–H and O–H groups in total. The first-order valence-electron chi connectivity index (χ1n) is 8.67. The minimum atomic E-state index is -0.280. The van der Waals surface area contributed by atoms with Gasteiger partial charge in [-0.1, -0.05) is 12.1 Å². The highest BCUT2D eigenvalue weighted by atomic mass is 19.1. The smallest absolute Gasteiger partial charge is 0.287 e. The average molecular weight is 380 g/mol. The quantitative estimate of drug-likeness (QED) is 0.511. The van der Waals surface area contributed by atoms with E-state index in [0.29, 0.717) is 31.1 Å². The van der Waals surface area contributed by atoms with Crippen LogP contribution in [0.15, 0.2) is 59.6 Å². The highest BCUT2D eigenvalue weighted by Crippen LogP contribution is 2.19. The minimum absolute atomic E-state index is 0.264. The molecule has 0 aliphatic carbocycles. The Morgan fingerprint density at radius 1 is 1.18 bits per heavy atom. The molecule has 28 heavy (non-hydrogen) atoms. The van der Waals surface area contributed by atoms with Crippen molar-refractivity contribution in [3.05, 3.63) is 72.3 Å². The fourth-order valence-electron chi connectivity index (χ4n) is 2.76. The molecule has 0 unspecified atom stereocenters. The van der Waals surface area contributed by atoms with Crippen LogP contribution in [0.3, 0.4) is 0 Å². The zero-order valence-corrected chi connectivity index (χ0v) is 14.8. The summed E-state index contributed by atoms with van der Waals surface area (Å²) in [7, 11) is 0. The Morgan fingerprint density at radius 3 is 2.82 bits per heavy atom. The van der Waals surface area contributed by atoms with Crippen LogP contribution in [0.1, 0.15) is 16.1 Å². The molecule has 0 radical (unpaired) electrons. The summed E-state index contributed by atoms with van der Waals surface area (Å²) in [6, 6.07) is 9.53. The van der Waals surface area contributed by atoms with Gasteiger partial charge in [0, 0.05) is 13.1 Å². The second-order valence-corrected chi connectivity index (χ2v) is 6.04. The standard InChI is InChI=1S/C19H17FN6O2/c20-14-5-3-13(4-6-14)10-22-17-15-11-25-26(18(15)24-12-23-17)8-7-21-19(27)16-2-1-9-28-16/h1-6,9,11-12H,7-8,10H2,(H,21,27)(H,22,23,24). The van der Waals surface area contributed by atoms with Crippen molar-refractivity contribution < 1.29 is 13.6 Å². The van der Waals surface area contributed by atoms with Gasteiger partial charge in [0.15, 0.2) is 11.4 Å². The summed E-state index contributed by atoms with van der Waals surface area (Å²) in [6.07, 6.45) is 4.58. The van der Waals surface area contributed by atoms with Gasteiger partial charge >= 0.3 is 0 Å². The van der Waals surface area contributed by atoms with Crippen molar-refractivity contribution in [2.24, 2.45) is 0 Å². The summed E-state index contributed by atoms with van der Waals surface area (Å²) in [5.74, 6) is 0.353. The predicted octanol–water partition coefficient (Wildman–Crippen LogP) is 2.60. The number of amides is 1. The lowest BCUT2D eigenvalue weighted by Gasteiger charge is -2.07. The summed E-state index contributed by atoms with van der Waals surface area (Å²) in [5.41, 5.74) is 1.59. The van der Waals surface area contributed by atoms with E-state index < -0.39 is 0 Å². The van der Waals surface area contributed by atoms with E-state index in [4.69, 9.17) is 4.42 Å². The van der Waals surface area contributed by atoms with E-state index in [1.165, 1.54) is 24.7 Å². The van der Waals surface area contributed by atoms with Gasteiger partial charge in [0.05, 0.1) is 24.4 Å². The first kappa shape index (κ1) is 17.7. The molecular formula is C19H17FN6O2. The molecule has 4 rings (SSSR count). The fraction of sp³-hybridized carbons (Fsp3) is 0.158. The number of benzene rings is 1. The summed E-state index contributed by atoms with van der Waals surface area (Å²) in [5, 5.41) is 11.1. The molecule has 1 amide bonds. The highest BCUT2D eigenvalue weighted by Gasteiger charge is 2.11. The molecular weight excluding hydrogens is 363 g/mol. The van der Waals surface area contributed by atoms with Crippen LogP contribution < -0.4 is 10.6 Å². The summed E-state index contributed by atoms with van der Waals surface area (Å²) in [6.45, 7) is 1.32. The van der Waals surface area contributed by atoms with E-state index >= 15 is 0 Å². The molecule has 0 fully saturated rings. The maximum Gasteiger partial charge on any atom is 0.287 e. The maximum atomic E-state index is 13.0. The largest absolute Gasteiger partial charge is 0.459 e. The number of rotatable bonds is 7. The number of nitrogens with zero attached hydrogens (tertiary/aromatic N) is 4. The molecule has 9 heteroatoms. The minimum Gasteiger partial charge on any atom is -0.459 e. The zero-order chi connectivity index (χ0) is 19.3. The van der Waals surface area contributed by atoms with Crippen LogP contribution in [0.5, 0.6) is 0 Å². The molecule has 0 aliphatic heterocycles. The molecule has 4 aromatic rings. The number of hydrogen-bond donors (Lipinski definition) is 2. The van der Waals surface area contributed by atoms with Crippen LogP contribution >= 0.6 is 0 Å². The summed E-state index contributed by atoms with van der Waals surface area (Å²) < 4.78 is 19.8. The molecule has 142 valence electrons. The number of furan rings is 1. The van der Waals surface area contributed by atoms with Crippen LogP contribution in [0, 0.1) is 5.82 Å². The van der Waals surface area contributed by atoms with Crippen LogP contribution in [-0.4, -0.2) is 32.2 Å². The van der Waals surface area contributed by atoms with Crippen LogP contribution in [0.4, 0.5) is 10.2 Å². The first-order chi connectivity index (χ1) is 13.7. The van der Waals surface area contributed by atoms with Gasteiger partial charge in [0.25, 0.3) is 5.91 Å². The molecule has 1 aromatic carbocycles. The van der Waals surface area contributed by atoms with E-state index in [2.05, 4.69) is 25.7 Å². The van der Waals surface area contributed by atoms with Gasteiger partial charge in [-0.2, -0.15) is 5.10 Å². The van der Waals surface area contributed by atoms with Gasteiger partial charge in [0.1, 0.15) is 18.0 Å². The van der Waals surface area contributed by atoms with Gasteiger partial charge in [-0.25, -0.2) is 19.0 Å². The summed E-state index contributed by atoms with van der Waals surface area (Å²) >= 11 is 0. The van der Waals surface area contributed by atoms with E-state index in [-0.39, 0.29) is 17.5 Å². The number of aromatic nitrogens is 4. The molecule has 0 saturated carbocycles. The first-order valence-corrected chi connectivity index (χ1v) is 8.67. The average Bonchev–Trinajstić information content (AvgIpc) is 3.38. The Morgan fingerprint density at radius 2 is 2.04 bits per heavy atom. The third-order valence-electron chi connectivity index (χ3n) is 4.16. The van der Waals surface area contributed by atoms with Crippen LogP contribution in [-0.2, 0) is 13.1 Å². The van der Waals surface area contributed by atoms with Crippen molar-refractivity contribution in [3.8, 4) is 0 Å². The summed E-state index contributed by atoms with van der Waals surface area (Å²) in [4.78, 5) is 20.4. The molecule has 3 aromatic heterocycles. The van der Waals surface area contributed by atoms with Gasteiger partial charge in [-0.15, -0.1) is 0 Å². The normalized spacial score (nSPS) is 10.9. The predicted molar refractivity (Wildman–Crippen MR) is 100 cm³/mol. The monoisotopic (exact) mass is 380 g/mol. The van der Waals surface area contributed by atoms with E-state index in [1.54, 1.807) is 35.1 Å². The lowest BCUT2D eigenvalue weighted by atomic mass is 10.2. The van der Waals surface area contributed by atoms with Gasteiger partial charge < -0.3 is 15.1 Å². The van der Waals surface area contributed by atoms with E-state index in [1.807, 2.05) is 0 Å². The van der Waals surface area contributed by atoms with Gasteiger partial charge in [-0.3, -0.25) is 4.79 Å². The van der Waals surface area contributed by atoms with Crippen molar-refractivity contribution in [2.45, 2.75) is 13.1 Å². The van der Waals surface area contributed by atoms with Crippen molar-refractivity contribution in [1.29, 1.82) is 0 Å². The molecule has 0 spiro atoms. The Labute approximate surface area is 159 Å². The van der Waals surface area contributed by atoms with Crippen LogP contribution in [0.2, 0.25) is 0 Å². The number of carbonyl (C=O) groups excluding carboxylic acids is 1. The van der Waals surface area contributed by atoms with Crippen molar-refractivity contribution in [2.75, 3.05) is 11.9 Å². The molecule has 0 aliphatic rings. The van der Waals surface area contributed by atoms with Crippen molar-refractivity contribution in [3.63, 3.8) is 0 Å². The highest BCUT2D eigenvalue weighted by molar-refractivity contribution is 5.91. The maximum absolute atomic E-state index is 13.0. The topological polar surface area (TPSA) is 97.9 Å². The molecule has 8 nitrogen and oxygen atoms in total. The number of fused-ring (bicyclic) bond motifs is 1. The fourth-order valence-corrected chi connectivity index (χ4v) is 2.76. The van der Waals surface area contributed by atoms with Gasteiger partial charge in [-0.05, 0) is 29.8 Å². The molecule has 3 heterocycles. The zero-order valence-electron chi connectivity index (χ0n) is 14.8. The van der Waals surface area contributed by atoms with Crippen molar-refractivity contribution in [1.82, 2.24) is 25.1 Å². The van der Waals surface area contributed by atoms with Gasteiger partial charge in [0.2, 0.25) is 0 Å².